The van der Waals surface area contributed by atoms with E-state index in [9.17, 15) is 13.2 Å². The maximum Gasteiger partial charge on any atom is 0.261 e. The van der Waals surface area contributed by atoms with Crippen molar-refractivity contribution in [3.63, 3.8) is 0 Å². The molecule has 0 bridgehead atoms. The van der Waals surface area contributed by atoms with E-state index in [2.05, 4.69) is 15.9 Å². The van der Waals surface area contributed by atoms with E-state index in [0.717, 1.165) is 6.42 Å². The molecule has 106 valence electrons. The van der Waals surface area contributed by atoms with Gasteiger partial charge in [0.15, 0.2) is 0 Å². The van der Waals surface area contributed by atoms with E-state index >= 15 is 0 Å². The number of amides is 1. The highest BCUT2D eigenvalue weighted by Crippen LogP contribution is 2.24. The molecule has 0 heterocycles. The SMILES string of the molecule is CCC(C)N(C)C(=O)c1cc(S(=O)(=O)Cl)ccc1Br. The highest BCUT2D eigenvalue weighted by atomic mass is 79.9. The predicted molar refractivity (Wildman–Crippen MR) is 79.0 cm³/mol. The van der Waals surface area contributed by atoms with Gasteiger partial charge in [0.2, 0.25) is 0 Å². The second-order valence-electron chi connectivity index (χ2n) is 4.25. The summed E-state index contributed by atoms with van der Waals surface area (Å²) >= 11 is 3.25. The highest BCUT2D eigenvalue weighted by molar-refractivity contribution is 9.10. The molecule has 0 aliphatic carbocycles. The molecule has 7 heteroatoms. The van der Waals surface area contributed by atoms with Gasteiger partial charge in [-0.2, -0.15) is 0 Å². The van der Waals surface area contributed by atoms with Crippen molar-refractivity contribution in [2.24, 2.45) is 0 Å². The van der Waals surface area contributed by atoms with Crippen LogP contribution in [0.1, 0.15) is 30.6 Å². The van der Waals surface area contributed by atoms with Crippen molar-refractivity contribution in [2.45, 2.75) is 31.2 Å². The average Bonchev–Trinajstić information content (AvgIpc) is 2.35. The van der Waals surface area contributed by atoms with Crippen molar-refractivity contribution in [1.29, 1.82) is 0 Å². The number of halogens is 2. The molecule has 1 atom stereocenters. The Bertz CT molecular complexity index is 589. The number of hydrogen-bond acceptors (Lipinski definition) is 3. The predicted octanol–water partition coefficient (Wildman–Crippen LogP) is 3.25. The fourth-order valence-corrected chi connectivity index (χ4v) is 2.68. The number of carbonyl (C=O) groups is 1. The maximum atomic E-state index is 12.3. The zero-order valence-electron chi connectivity index (χ0n) is 10.9. The lowest BCUT2D eigenvalue weighted by Gasteiger charge is -2.24. The van der Waals surface area contributed by atoms with E-state index in [0.29, 0.717) is 4.47 Å². The first-order chi connectivity index (χ1) is 8.68. The highest BCUT2D eigenvalue weighted by Gasteiger charge is 2.21. The molecule has 0 aromatic heterocycles. The van der Waals surface area contributed by atoms with Crippen LogP contribution in [0.4, 0.5) is 0 Å². The van der Waals surface area contributed by atoms with Gasteiger partial charge in [-0.25, -0.2) is 8.42 Å². The van der Waals surface area contributed by atoms with Crippen molar-refractivity contribution < 1.29 is 13.2 Å². The number of benzene rings is 1. The molecule has 0 aliphatic heterocycles. The largest absolute Gasteiger partial charge is 0.339 e. The molecule has 0 radical (unpaired) electrons. The smallest absolute Gasteiger partial charge is 0.261 e. The number of rotatable bonds is 4. The van der Waals surface area contributed by atoms with Gasteiger partial charge in [0.25, 0.3) is 15.0 Å². The molecule has 1 amide bonds. The Labute approximate surface area is 126 Å². The minimum Gasteiger partial charge on any atom is -0.339 e. The summed E-state index contributed by atoms with van der Waals surface area (Å²) in [4.78, 5) is 13.8. The van der Waals surface area contributed by atoms with Crippen LogP contribution in [0, 0.1) is 0 Å². The molecule has 0 aliphatic rings. The van der Waals surface area contributed by atoms with Gasteiger partial charge >= 0.3 is 0 Å². The van der Waals surface area contributed by atoms with E-state index < -0.39 is 9.05 Å². The van der Waals surface area contributed by atoms with Crippen LogP contribution in [0.15, 0.2) is 27.6 Å². The van der Waals surface area contributed by atoms with E-state index in [1.165, 1.54) is 18.2 Å². The van der Waals surface area contributed by atoms with Gasteiger partial charge in [0.1, 0.15) is 0 Å². The summed E-state index contributed by atoms with van der Waals surface area (Å²) in [5.74, 6) is -0.247. The van der Waals surface area contributed by atoms with Crippen molar-refractivity contribution in [2.75, 3.05) is 7.05 Å². The Morgan fingerprint density at radius 3 is 2.53 bits per heavy atom. The molecule has 0 spiro atoms. The molecule has 1 aromatic rings. The Kier molecular flexibility index (Phi) is 5.41. The first-order valence-electron chi connectivity index (χ1n) is 5.69. The van der Waals surface area contributed by atoms with Gasteiger partial charge in [-0.3, -0.25) is 4.79 Å². The maximum absolute atomic E-state index is 12.3. The molecular formula is C12H15BrClNO3S. The second kappa shape index (κ2) is 6.24. The average molecular weight is 369 g/mol. The fourth-order valence-electron chi connectivity index (χ4n) is 1.48. The third-order valence-corrected chi connectivity index (χ3v) is 5.07. The van der Waals surface area contributed by atoms with E-state index in [1.54, 1.807) is 11.9 Å². The summed E-state index contributed by atoms with van der Waals surface area (Å²) in [6, 6.07) is 4.21. The zero-order valence-corrected chi connectivity index (χ0v) is 14.0. The zero-order chi connectivity index (χ0) is 14.8. The summed E-state index contributed by atoms with van der Waals surface area (Å²) in [6.07, 6.45) is 0.813. The van der Waals surface area contributed by atoms with Crippen LogP contribution < -0.4 is 0 Å². The van der Waals surface area contributed by atoms with E-state index in [-0.39, 0.29) is 22.4 Å². The first kappa shape index (κ1) is 16.5. The number of hydrogen-bond donors (Lipinski definition) is 0. The molecule has 1 unspecified atom stereocenters. The molecule has 0 saturated carbocycles. The topological polar surface area (TPSA) is 54.5 Å². The third kappa shape index (κ3) is 3.94. The summed E-state index contributed by atoms with van der Waals surface area (Å²) in [6.45, 7) is 3.90. The standard InChI is InChI=1S/C12H15BrClNO3S/c1-4-8(2)15(3)12(16)10-7-9(19(14,17)18)5-6-11(10)13/h5-8H,4H2,1-3H3. The van der Waals surface area contributed by atoms with Crippen LogP contribution in [0.5, 0.6) is 0 Å². The minimum atomic E-state index is -3.85. The van der Waals surface area contributed by atoms with Gasteiger partial charge in [0.05, 0.1) is 10.5 Å². The van der Waals surface area contributed by atoms with Gasteiger partial charge in [-0.1, -0.05) is 6.92 Å². The second-order valence-corrected chi connectivity index (χ2v) is 7.67. The summed E-state index contributed by atoms with van der Waals surface area (Å²) in [5.41, 5.74) is 0.282. The van der Waals surface area contributed by atoms with Gasteiger partial charge in [0, 0.05) is 28.2 Å². The Morgan fingerprint density at radius 2 is 2.05 bits per heavy atom. The quantitative estimate of drug-likeness (QED) is 0.767. The number of carbonyl (C=O) groups excluding carboxylic acids is 1. The fraction of sp³-hybridized carbons (Fsp3) is 0.417. The van der Waals surface area contributed by atoms with Crippen LogP contribution in [-0.2, 0) is 9.05 Å². The summed E-state index contributed by atoms with van der Waals surface area (Å²) in [5, 5.41) is 0. The van der Waals surface area contributed by atoms with Gasteiger partial charge in [-0.15, -0.1) is 0 Å². The van der Waals surface area contributed by atoms with Crippen molar-refractivity contribution in [1.82, 2.24) is 4.90 Å². The Hall–Kier alpha value is -0.590. The monoisotopic (exact) mass is 367 g/mol. The molecule has 19 heavy (non-hydrogen) atoms. The van der Waals surface area contributed by atoms with Crippen LogP contribution in [-0.4, -0.2) is 32.3 Å². The van der Waals surface area contributed by atoms with Crippen LogP contribution in [0.25, 0.3) is 0 Å². The first-order valence-corrected chi connectivity index (χ1v) is 8.80. The van der Waals surface area contributed by atoms with Crippen molar-refractivity contribution in [3.8, 4) is 0 Å². The lowest BCUT2D eigenvalue weighted by atomic mass is 10.1. The van der Waals surface area contributed by atoms with E-state index in [4.69, 9.17) is 10.7 Å². The minimum absolute atomic E-state index is 0.0654. The van der Waals surface area contributed by atoms with Crippen molar-refractivity contribution >= 4 is 41.6 Å². The molecule has 4 nitrogen and oxygen atoms in total. The molecule has 0 N–H and O–H groups in total. The van der Waals surface area contributed by atoms with Crippen molar-refractivity contribution in [3.05, 3.63) is 28.2 Å². The number of nitrogens with zero attached hydrogens (tertiary/aromatic N) is 1. The lowest BCUT2D eigenvalue weighted by Crippen LogP contribution is -2.34. The van der Waals surface area contributed by atoms with Gasteiger partial charge in [-0.05, 0) is 47.5 Å². The Balaban J connectivity index is 3.24. The van der Waals surface area contributed by atoms with Gasteiger partial charge < -0.3 is 4.90 Å². The molecule has 1 aromatic carbocycles. The third-order valence-electron chi connectivity index (χ3n) is 3.02. The molecule has 0 saturated heterocycles. The Morgan fingerprint density at radius 1 is 1.47 bits per heavy atom. The molecule has 0 fully saturated rings. The van der Waals surface area contributed by atoms with Crippen LogP contribution in [0.2, 0.25) is 0 Å². The van der Waals surface area contributed by atoms with Crippen LogP contribution in [0.3, 0.4) is 0 Å². The van der Waals surface area contributed by atoms with E-state index in [1.807, 2.05) is 13.8 Å². The van der Waals surface area contributed by atoms with Crippen LogP contribution >= 0.6 is 26.6 Å². The molecular weight excluding hydrogens is 354 g/mol. The molecule has 1 rings (SSSR count). The summed E-state index contributed by atoms with van der Waals surface area (Å²) in [7, 11) is 3.13. The summed E-state index contributed by atoms with van der Waals surface area (Å²) < 4.78 is 23.1. The normalized spacial score (nSPS) is 13.1. The lowest BCUT2D eigenvalue weighted by molar-refractivity contribution is 0.0739.